The molecule has 4 amide bonds. The van der Waals surface area contributed by atoms with Crippen molar-refractivity contribution in [2.24, 2.45) is 5.92 Å². The SMILES string of the molecule is C#CCN1CC(=O)N2[C@@H](CC3=CCC(C)C=C3)C(=O)N(CCc3cccs3)C[C@@H]2N1C(=O)NCc1ccccc1. The van der Waals surface area contributed by atoms with Crippen LogP contribution in [0, 0.1) is 18.3 Å². The molecule has 2 saturated heterocycles. The van der Waals surface area contributed by atoms with Crippen LogP contribution in [0.5, 0.6) is 0 Å². The second-order valence-corrected chi connectivity index (χ2v) is 11.5. The summed E-state index contributed by atoms with van der Waals surface area (Å²) in [5.74, 6) is 2.76. The van der Waals surface area contributed by atoms with E-state index in [1.807, 2.05) is 46.7 Å². The fourth-order valence-corrected chi connectivity index (χ4v) is 6.24. The molecule has 0 radical (unpaired) electrons. The van der Waals surface area contributed by atoms with Crippen molar-refractivity contribution in [3.63, 3.8) is 0 Å². The van der Waals surface area contributed by atoms with Crippen LogP contribution in [0.3, 0.4) is 0 Å². The van der Waals surface area contributed by atoms with Crippen molar-refractivity contribution in [2.75, 3.05) is 26.2 Å². The molecule has 0 saturated carbocycles. The van der Waals surface area contributed by atoms with Crippen molar-refractivity contribution in [1.29, 1.82) is 0 Å². The summed E-state index contributed by atoms with van der Waals surface area (Å²) in [6, 6.07) is 12.7. The van der Waals surface area contributed by atoms with Gasteiger partial charge in [0.1, 0.15) is 12.2 Å². The van der Waals surface area contributed by atoms with Crippen LogP contribution in [-0.2, 0) is 22.6 Å². The maximum absolute atomic E-state index is 13.9. The molecule has 3 heterocycles. The monoisotopic (exact) mass is 557 g/mol. The van der Waals surface area contributed by atoms with Gasteiger partial charge >= 0.3 is 6.03 Å². The normalized spacial score (nSPS) is 23.1. The number of piperazine rings is 1. The average Bonchev–Trinajstić information content (AvgIpc) is 3.48. The molecule has 40 heavy (non-hydrogen) atoms. The smallest absolute Gasteiger partial charge is 0.334 e. The third-order valence-electron chi connectivity index (χ3n) is 7.63. The van der Waals surface area contributed by atoms with Gasteiger partial charge in [-0.05, 0) is 41.3 Å². The van der Waals surface area contributed by atoms with Crippen LogP contribution in [0.15, 0.2) is 71.6 Å². The summed E-state index contributed by atoms with van der Waals surface area (Å²) in [4.78, 5) is 45.9. The maximum atomic E-state index is 13.9. The first kappa shape index (κ1) is 27.7. The molecule has 208 valence electrons. The van der Waals surface area contributed by atoms with Gasteiger partial charge in [-0.15, -0.1) is 17.8 Å². The molecule has 2 fully saturated rings. The largest absolute Gasteiger partial charge is 0.337 e. The fourth-order valence-electron chi connectivity index (χ4n) is 5.54. The summed E-state index contributed by atoms with van der Waals surface area (Å²) in [7, 11) is 0. The van der Waals surface area contributed by atoms with E-state index in [2.05, 4.69) is 42.5 Å². The lowest BCUT2D eigenvalue weighted by atomic mass is 9.92. The van der Waals surface area contributed by atoms with E-state index in [4.69, 9.17) is 6.42 Å². The summed E-state index contributed by atoms with van der Waals surface area (Å²) in [5.41, 5.74) is 2.00. The zero-order valence-corrected chi connectivity index (χ0v) is 23.6. The van der Waals surface area contributed by atoms with Crippen LogP contribution in [0.4, 0.5) is 4.79 Å². The Morgan fingerprint density at radius 1 is 1.18 bits per heavy atom. The van der Waals surface area contributed by atoms with E-state index in [9.17, 15) is 14.4 Å². The van der Waals surface area contributed by atoms with Crippen LogP contribution >= 0.6 is 11.3 Å². The average molecular weight is 558 g/mol. The van der Waals surface area contributed by atoms with Gasteiger partial charge in [-0.25, -0.2) is 9.80 Å². The van der Waals surface area contributed by atoms with Gasteiger partial charge in [-0.1, -0.05) is 67.5 Å². The van der Waals surface area contributed by atoms with E-state index in [1.54, 1.807) is 26.3 Å². The number of carbonyl (C=O) groups excluding carboxylic acids is 3. The van der Waals surface area contributed by atoms with Crippen LogP contribution in [0.25, 0.3) is 0 Å². The quantitative estimate of drug-likeness (QED) is 0.503. The lowest BCUT2D eigenvalue weighted by Gasteiger charge is -2.55. The molecular weight excluding hydrogens is 522 g/mol. The molecular formula is C31H35N5O3S. The van der Waals surface area contributed by atoms with Crippen LogP contribution in [-0.4, -0.2) is 76.0 Å². The van der Waals surface area contributed by atoms with E-state index < -0.39 is 12.2 Å². The molecule has 2 aromatic rings. The van der Waals surface area contributed by atoms with Gasteiger partial charge in [0.05, 0.1) is 19.6 Å². The molecule has 8 nitrogen and oxygen atoms in total. The Morgan fingerprint density at radius 2 is 2.00 bits per heavy atom. The standard InChI is InChI=1S/C31H35N5O3S/c1-3-16-34-22-29(37)35-27(19-24-13-11-23(2)12-14-24)30(38)33(17-15-26-10-7-18-40-26)21-28(35)36(34)31(39)32-20-25-8-5-4-6-9-25/h1,4-11,13-14,18,23,27-28H,12,15-17,19-22H2,2H3,(H,32,39)/t23?,27-,28-/m0/s1. The number of terminal acetylenes is 1. The zero-order chi connectivity index (χ0) is 28.1. The van der Waals surface area contributed by atoms with Gasteiger partial charge < -0.3 is 15.1 Å². The number of amides is 4. The summed E-state index contributed by atoms with van der Waals surface area (Å²) < 4.78 is 0. The lowest BCUT2D eigenvalue weighted by molar-refractivity contribution is -0.188. The molecule has 1 aromatic heterocycles. The Hall–Kier alpha value is -3.87. The van der Waals surface area contributed by atoms with E-state index in [1.165, 1.54) is 4.88 Å². The number of fused-ring (bicyclic) bond motifs is 1. The molecule has 0 spiro atoms. The first-order valence-electron chi connectivity index (χ1n) is 13.7. The van der Waals surface area contributed by atoms with Crippen molar-refractivity contribution in [3.8, 4) is 12.3 Å². The van der Waals surface area contributed by atoms with Crippen LogP contribution < -0.4 is 5.32 Å². The second kappa shape index (κ2) is 12.5. The van der Waals surface area contributed by atoms with Crippen molar-refractivity contribution in [2.45, 2.75) is 44.9 Å². The Balaban J connectivity index is 1.44. The third-order valence-corrected chi connectivity index (χ3v) is 8.56. The van der Waals surface area contributed by atoms with E-state index in [0.717, 1.165) is 17.6 Å². The number of thiophene rings is 1. The number of hydrogen-bond donors (Lipinski definition) is 1. The predicted octanol–water partition coefficient (Wildman–Crippen LogP) is 3.64. The second-order valence-electron chi connectivity index (χ2n) is 10.5. The number of rotatable bonds is 8. The zero-order valence-electron chi connectivity index (χ0n) is 22.7. The number of allylic oxidation sites excluding steroid dienone is 3. The summed E-state index contributed by atoms with van der Waals surface area (Å²) >= 11 is 1.66. The number of carbonyl (C=O) groups is 3. The van der Waals surface area contributed by atoms with E-state index >= 15 is 0 Å². The molecule has 1 N–H and O–H groups in total. The molecule has 1 aromatic carbocycles. The number of urea groups is 1. The van der Waals surface area contributed by atoms with Crippen LogP contribution in [0.1, 0.15) is 30.2 Å². The number of hydrazine groups is 1. The summed E-state index contributed by atoms with van der Waals surface area (Å²) in [5, 5.41) is 8.21. The summed E-state index contributed by atoms with van der Waals surface area (Å²) in [6.45, 7) is 3.25. The number of benzene rings is 1. The van der Waals surface area contributed by atoms with Crippen molar-refractivity contribution < 1.29 is 14.4 Å². The van der Waals surface area contributed by atoms with Gasteiger partial charge in [0.15, 0.2) is 0 Å². The molecule has 9 heteroatoms. The van der Waals surface area contributed by atoms with E-state index in [-0.39, 0.29) is 37.5 Å². The van der Waals surface area contributed by atoms with Crippen LogP contribution in [0.2, 0.25) is 0 Å². The highest BCUT2D eigenvalue weighted by atomic mass is 32.1. The Labute approximate surface area is 239 Å². The Bertz CT molecular complexity index is 1320. The number of hydrogen-bond acceptors (Lipinski definition) is 5. The van der Waals surface area contributed by atoms with Gasteiger partial charge in [0.25, 0.3) is 0 Å². The first-order valence-corrected chi connectivity index (χ1v) is 14.6. The predicted molar refractivity (Wildman–Crippen MR) is 156 cm³/mol. The molecule has 0 bridgehead atoms. The molecule has 1 unspecified atom stereocenters. The highest BCUT2D eigenvalue weighted by Crippen LogP contribution is 2.31. The highest BCUT2D eigenvalue weighted by Gasteiger charge is 2.51. The Kier molecular flexibility index (Phi) is 8.68. The summed E-state index contributed by atoms with van der Waals surface area (Å²) in [6.07, 6.45) is 13.4. The molecule has 1 aliphatic carbocycles. The molecule has 5 rings (SSSR count). The van der Waals surface area contributed by atoms with Crippen molar-refractivity contribution in [1.82, 2.24) is 25.1 Å². The van der Waals surface area contributed by atoms with Gasteiger partial charge in [-0.2, -0.15) is 5.01 Å². The lowest BCUT2D eigenvalue weighted by Crippen LogP contribution is -2.76. The Morgan fingerprint density at radius 3 is 2.70 bits per heavy atom. The molecule has 3 atom stereocenters. The topological polar surface area (TPSA) is 76.2 Å². The van der Waals surface area contributed by atoms with Crippen molar-refractivity contribution >= 4 is 29.2 Å². The molecule has 3 aliphatic rings. The fraction of sp³-hybridized carbons (Fsp3) is 0.387. The van der Waals surface area contributed by atoms with Gasteiger partial charge in [0.2, 0.25) is 11.8 Å². The third kappa shape index (κ3) is 6.14. The highest BCUT2D eigenvalue weighted by molar-refractivity contribution is 7.09. The molecule has 2 aliphatic heterocycles. The van der Waals surface area contributed by atoms with E-state index in [0.29, 0.717) is 31.8 Å². The minimum absolute atomic E-state index is 0.0651. The minimum Gasteiger partial charge on any atom is -0.337 e. The number of nitrogens with one attached hydrogen (secondary N) is 1. The van der Waals surface area contributed by atoms with Crippen molar-refractivity contribution in [3.05, 3.63) is 82.1 Å². The maximum Gasteiger partial charge on any atom is 0.334 e. The minimum atomic E-state index is -0.698. The number of nitrogens with zero attached hydrogens (tertiary/aromatic N) is 4. The first-order chi connectivity index (χ1) is 19.4. The van der Waals surface area contributed by atoms with Gasteiger partial charge in [0, 0.05) is 24.4 Å². The van der Waals surface area contributed by atoms with Gasteiger partial charge in [-0.3, -0.25) is 9.59 Å².